The van der Waals surface area contributed by atoms with Gasteiger partial charge in [-0.25, -0.2) is 4.79 Å². The predicted octanol–water partition coefficient (Wildman–Crippen LogP) is 2.56. The highest BCUT2D eigenvalue weighted by molar-refractivity contribution is 5.68. The van der Waals surface area contributed by atoms with Crippen LogP contribution in [0, 0.1) is 0 Å². The van der Waals surface area contributed by atoms with Gasteiger partial charge in [0.15, 0.2) is 0 Å². The summed E-state index contributed by atoms with van der Waals surface area (Å²) < 4.78 is 5.34. The van der Waals surface area contributed by atoms with Crippen molar-refractivity contribution in [3.05, 3.63) is 35.9 Å². The van der Waals surface area contributed by atoms with Crippen molar-refractivity contribution in [2.45, 2.75) is 44.9 Å². The zero-order valence-corrected chi connectivity index (χ0v) is 11.3. The Balaban J connectivity index is 1.88. The second-order valence-corrected chi connectivity index (χ2v) is 4.97. The van der Waals surface area contributed by atoms with Crippen LogP contribution in [0.2, 0.25) is 0 Å². The molecule has 4 nitrogen and oxygen atoms in total. The second kappa shape index (κ2) is 6.57. The lowest BCUT2D eigenvalue weighted by molar-refractivity contribution is 0.0255. The smallest absolute Gasteiger partial charge is 0.410 e. The molecule has 1 aromatic carbocycles. The number of piperidine rings is 1. The SMILES string of the molecule is CC[C@H]1C[C@H](O)CCN1C(=O)OCc1ccccc1. The number of likely N-dealkylation sites (tertiary alicyclic amines) is 1. The highest BCUT2D eigenvalue weighted by Gasteiger charge is 2.30. The number of benzene rings is 1. The van der Waals surface area contributed by atoms with Crippen LogP contribution < -0.4 is 0 Å². The van der Waals surface area contributed by atoms with E-state index in [1.807, 2.05) is 37.3 Å². The van der Waals surface area contributed by atoms with E-state index in [1.165, 1.54) is 0 Å². The van der Waals surface area contributed by atoms with Crippen LogP contribution in [0.1, 0.15) is 31.7 Å². The molecule has 104 valence electrons. The Morgan fingerprint density at radius 3 is 2.84 bits per heavy atom. The Hall–Kier alpha value is -1.55. The second-order valence-electron chi connectivity index (χ2n) is 4.97. The van der Waals surface area contributed by atoms with Crippen LogP contribution in [0.3, 0.4) is 0 Å². The molecule has 1 saturated heterocycles. The average molecular weight is 263 g/mol. The third-order valence-corrected chi connectivity index (χ3v) is 3.60. The molecule has 0 saturated carbocycles. The van der Waals surface area contributed by atoms with E-state index in [9.17, 15) is 9.90 Å². The summed E-state index contributed by atoms with van der Waals surface area (Å²) in [6.07, 6.45) is 1.57. The maximum atomic E-state index is 12.1. The molecule has 0 bridgehead atoms. The number of rotatable bonds is 3. The number of hydrogen-bond donors (Lipinski definition) is 1. The summed E-state index contributed by atoms with van der Waals surface area (Å²) in [5, 5.41) is 9.64. The lowest BCUT2D eigenvalue weighted by Gasteiger charge is -2.36. The lowest BCUT2D eigenvalue weighted by Crippen LogP contribution is -2.47. The number of carbonyl (C=O) groups excluding carboxylic acids is 1. The zero-order valence-electron chi connectivity index (χ0n) is 11.3. The molecule has 1 N–H and O–H groups in total. The van der Waals surface area contributed by atoms with Crippen LogP contribution in [-0.4, -0.2) is 34.8 Å². The first kappa shape index (κ1) is 13.9. The van der Waals surface area contributed by atoms with E-state index in [-0.39, 0.29) is 18.2 Å². The molecule has 1 aliphatic rings. The molecular formula is C15H21NO3. The van der Waals surface area contributed by atoms with Gasteiger partial charge in [0.1, 0.15) is 6.61 Å². The summed E-state index contributed by atoms with van der Waals surface area (Å²) in [4.78, 5) is 13.8. The topological polar surface area (TPSA) is 49.8 Å². The van der Waals surface area contributed by atoms with Crippen molar-refractivity contribution in [3.8, 4) is 0 Å². The van der Waals surface area contributed by atoms with Crippen molar-refractivity contribution in [2.75, 3.05) is 6.54 Å². The quantitative estimate of drug-likeness (QED) is 0.911. The molecular weight excluding hydrogens is 242 g/mol. The number of carbonyl (C=O) groups is 1. The number of hydrogen-bond acceptors (Lipinski definition) is 3. The van der Waals surface area contributed by atoms with Crippen LogP contribution in [0.15, 0.2) is 30.3 Å². The normalized spacial score (nSPS) is 23.2. The van der Waals surface area contributed by atoms with Crippen LogP contribution in [-0.2, 0) is 11.3 Å². The average Bonchev–Trinajstić information content (AvgIpc) is 2.45. The highest BCUT2D eigenvalue weighted by Crippen LogP contribution is 2.21. The van der Waals surface area contributed by atoms with E-state index >= 15 is 0 Å². The minimum atomic E-state index is -0.289. The molecule has 0 aliphatic carbocycles. The number of nitrogens with zero attached hydrogens (tertiary/aromatic N) is 1. The van der Waals surface area contributed by atoms with Crippen molar-refractivity contribution in [1.29, 1.82) is 0 Å². The van der Waals surface area contributed by atoms with E-state index in [2.05, 4.69) is 0 Å². The van der Waals surface area contributed by atoms with Gasteiger partial charge >= 0.3 is 6.09 Å². The predicted molar refractivity (Wildman–Crippen MR) is 72.7 cm³/mol. The standard InChI is InChI=1S/C15H21NO3/c1-2-13-10-14(17)8-9-16(13)15(18)19-11-12-6-4-3-5-7-12/h3-7,13-14,17H,2,8-11H2,1H3/t13-,14+/m0/s1. The van der Waals surface area contributed by atoms with Crippen molar-refractivity contribution in [1.82, 2.24) is 4.90 Å². The lowest BCUT2D eigenvalue weighted by atomic mass is 9.98. The van der Waals surface area contributed by atoms with Crippen LogP contribution in [0.25, 0.3) is 0 Å². The molecule has 1 fully saturated rings. The molecule has 1 amide bonds. The minimum Gasteiger partial charge on any atom is -0.445 e. The van der Waals surface area contributed by atoms with Crippen molar-refractivity contribution < 1.29 is 14.6 Å². The highest BCUT2D eigenvalue weighted by atomic mass is 16.6. The molecule has 2 rings (SSSR count). The summed E-state index contributed by atoms with van der Waals surface area (Å²) in [5.41, 5.74) is 0.987. The number of aliphatic hydroxyl groups is 1. The minimum absolute atomic E-state index is 0.0898. The van der Waals surface area contributed by atoms with Crippen molar-refractivity contribution in [3.63, 3.8) is 0 Å². The van der Waals surface area contributed by atoms with Crippen molar-refractivity contribution >= 4 is 6.09 Å². The molecule has 0 spiro atoms. The van der Waals surface area contributed by atoms with Gasteiger partial charge in [0.2, 0.25) is 0 Å². The molecule has 1 aromatic rings. The van der Waals surface area contributed by atoms with Gasteiger partial charge < -0.3 is 14.7 Å². The molecule has 1 aliphatic heterocycles. The summed E-state index contributed by atoms with van der Waals surface area (Å²) in [5.74, 6) is 0. The first-order valence-electron chi connectivity index (χ1n) is 6.86. The Morgan fingerprint density at radius 2 is 2.16 bits per heavy atom. The van der Waals surface area contributed by atoms with Gasteiger partial charge in [-0.1, -0.05) is 37.3 Å². The van der Waals surface area contributed by atoms with Gasteiger partial charge in [-0.15, -0.1) is 0 Å². The summed E-state index contributed by atoms with van der Waals surface area (Å²) in [6.45, 7) is 2.91. The third-order valence-electron chi connectivity index (χ3n) is 3.60. The number of amides is 1. The Labute approximate surface area is 114 Å². The van der Waals surface area contributed by atoms with Gasteiger partial charge in [0.05, 0.1) is 6.10 Å². The monoisotopic (exact) mass is 263 g/mol. The van der Waals surface area contributed by atoms with E-state index in [4.69, 9.17) is 4.74 Å². The first-order valence-corrected chi connectivity index (χ1v) is 6.86. The van der Waals surface area contributed by atoms with E-state index in [0.717, 1.165) is 12.0 Å². The van der Waals surface area contributed by atoms with Crippen LogP contribution >= 0.6 is 0 Å². The number of ether oxygens (including phenoxy) is 1. The Kier molecular flexibility index (Phi) is 4.80. The Morgan fingerprint density at radius 1 is 1.42 bits per heavy atom. The fourth-order valence-corrected chi connectivity index (χ4v) is 2.46. The molecule has 2 atom stereocenters. The molecule has 19 heavy (non-hydrogen) atoms. The first-order chi connectivity index (χ1) is 9.20. The number of aliphatic hydroxyl groups excluding tert-OH is 1. The van der Waals surface area contributed by atoms with Gasteiger partial charge in [0.25, 0.3) is 0 Å². The maximum absolute atomic E-state index is 12.1. The largest absolute Gasteiger partial charge is 0.445 e. The molecule has 0 radical (unpaired) electrons. The van der Waals surface area contributed by atoms with E-state index in [0.29, 0.717) is 26.0 Å². The zero-order chi connectivity index (χ0) is 13.7. The van der Waals surface area contributed by atoms with E-state index in [1.54, 1.807) is 4.90 Å². The van der Waals surface area contributed by atoms with Gasteiger partial charge in [0, 0.05) is 12.6 Å². The summed E-state index contributed by atoms with van der Waals surface area (Å²) >= 11 is 0. The van der Waals surface area contributed by atoms with E-state index < -0.39 is 0 Å². The molecule has 0 aromatic heterocycles. The summed E-state index contributed by atoms with van der Waals surface area (Å²) in [7, 11) is 0. The Bertz CT molecular complexity index is 407. The van der Waals surface area contributed by atoms with Crippen LogP contribution in [0.5, 0.6) is 0 Å². The fraction of sp³-hybridized carbons (Fsp3) is 0.533. The molecule has 1 heterocycles. The maximum Gasteiger partial charge on any atom is 0.410 e. The molecule has 0 unspecified atom stereocenters. The van der Waals surface area contributed by atoms with Gasteiger partial charge in [-0.2, -0.15) is 0 Å². The van der Waals surface area contributed by atoms with Gasteiger partial charge in [-0.05, 0) is 24.8 Å². The molecule has 4 heteroatoms. The third kappa shape index (κ3) is 3.70. The van der Waals surface area contributed by atoms with Crippen LogP contribution in [0.4, 0.5) is 4.79 Å². The summed E-state index contributed by atoms with van der Waals surface area (Å²) in [6, 6.07) is 9.75. The fourth-order valence-electron chi connectivity index (χ4n) is 2.46. The van der Waals surface area contributed by atoms with Gasteiger partial charge in [-0.3, -0.25) is 0 Å². The van der Waals surface area contributed by atoms with Crippen molar-refractivity contribution in [2.24, 2.45) is 0 Å².